The van der Waals surface area contributed by atoms with E-state index in [4.69, 9.17) is 11.2 Å². The van der Waals surface area contributed by atoms with Crippen molar-refractivity contribution < 1.29 is 9.66 Å². The van der Waals surface area contributed by atoms with Crippen LogP contribution >= 0.6 is 0 Å². The molecule has 0 heterocycles. The molecule has 1 rings (SSSR count). The minimum absolute atomic E-state index is 0.0108. The zero-order valence-corrected chi connectivity index (χ0v) is 12.6. The van der Waals surface area contributed by atoms with Crippen LogP contribution in [0.5, 0.6) is 5.75 Å². The third-order valence-corrected chi connectivity index (χ3v) is 2.83. The van der Waals surface area contributed by atoms with Crippen molar-refractivity contribution in [2.75, 3.05) is 13.2 Å². The predicted molar refractivity (Wildman–Crippen MR) is 83.2 cm³/mol. The maximum Gasteiger partial charge on any atom is 0.310 e. The Morgan fingerprint density at radius 1 is 1.48 bits per heavy atom. The Balaban J connectivity index is 2.71. The van der Waals surface area contributed by atoms with Gasteiger partial charge in [0.25, 0.3) is 0 Å². The van der Waals surface area contributed by atoms with Crippen LogP contribution in [0.4, 0.5) is 5.69 Å². The van der Waals surface area contributed by atoms with Gasteiger partial charge in [-0.05, 0) is 30.5 Å². The van der Waals surface area contributed by atoms with Gasteiger partial charge in [-0.3, -0.25) is 10.1 Å². The van der Waals surface area contributed by atoms with Crippen LogP contribution in [-0.4, -0.2) is 18.1 Å². The fourth-order valence-electron chi connectivity index (χ4n) is 1.80. The molecule has 0 amide bonds. The van der Waals surface area contributed by atoms with Crippen LogP contribution in [0.15, 0.2) is 18.2 Å². The van der Waals surface area contributed by atoms with E-state index in [1.54, 1.807) is 12.1 Å². The molecule has 0 unspecified atom stereocenters. The number of hydrogen-bond donors (Lipinski definition) is 1. The maximum absolute atomic E-state index is 11.0. The highest BCUT2D eigenvalue weighted by molar-refractivity contribution is 5.48. The molecule has 0 aliphatic carbocycles. The van der Waals surface area contributed by atoms with E-state index in [1.165, 1.54) is 6.07 Å². The topological polar surface area (TPSA) is 64.4 Å². The molecule has 0 spiro atoms. The van der Waals surface area contributed by atoms with Gasteiger partial charge in [-0.1, -0.05) is 19.9 Å². The molecule has 0 fully saturated rings. The molecule has 1 aromatic carbocycles. The van der Waals surface area contributed by atoms with Crippen LogP contribution in [-0.2, 0) is 6.54 Å². The number of nitrogens with one attached hydrogen (secondary N) is 1. The number of unbranched alkanes of at least 4 members (excludes halogenated alkanes) is 1. The van der Waals surface area contributed by atoms with Gasteiger partial charge in [-0.2, -0.15) is 0 Å². The summed E-state index contributed by atoms with van der Waals surface area (Å²) in [5, 5.41) is 14.3. The Hall–Kier alpha value is -2.06. The highest BCUT2D eigenvalue weighted by Gasteiger charge is 2.15. The lowest BCUT2D eigenvalue weighted by Crippen LogP contribution is -2.19. The molecule has 0 radical (unpaired) electrons. The number of nitro groups is 1. The van der Waals surface area contributed by atoms with Crippen LogP contribution in [0.3, 0.4) is 0 Å². The number of nitro benzene ring substituents is 1. The second-order valence-electron chi connectivity index (χ2n) is 5.24. The van der Waals surface area contributed by atoms with Gasteiger partial charge in [0.05, 0.1) is 11.5 Å². The average Bonchev–Trinajstić information content (AvgIpc) is 2.43. The van der Waals surface area contributed by atoms with E-state index in [1.807, 2.05) is 0 Å². The molecule has 0 saturated heterocycles. The van der Waals surface area contributed by atoms with Crippen molar-refractivity contribution in [3.8, 4) is 18.1 Å². The normalized spacial score (nSPS) is 10.4. The van der Waals surface area contributed by atoms with Gasteiger partial charge in [0.1, 0.15) is 0 Å². The van der Waals surface area contributed by atoms with E-state index >= 15 is 0 Å². The number of rotatable bonds is 9. The molecular formula is C16H22N2O3. The van der Waals surface area contributed by atoms with Crippen LogP contribution in [0, 0.1) is 28.4 Å². The van der Waals surface area contributed by atoms with Crippen molar-refractivity contribution in [3.05, 3.63) is 33.9 Å². The number of benzene rings is 1. The molecule has 0 aromatic heterocycles. The second kappa shape index (κ2) is 8.98. The molecule has 21 heavy (non-hydrogen) atoms. The summed E-state index contributed by atoms with van der Waals surface area (Å²) < 4.78 is 5.50. The fraction of sp³-hybridized carbons (Fsp3) is 0.500. The second-order valence-corrected chi connectivity index (χ2v) is 5.24. The van der Waals surface area contributed by atoms with E-state index in [9.17, 15) is 10.1 Å². The summed E-state index contributed by atoms with van der Waals surface area (Å²) >= 11 is 0. The van der Waals surface area contributed by atoms with Crippen molar-refractivity contribution in [3.63, 3.8) is 0 Å². The fourth-order valence-corrected chi connectivity index (χ4v) is 1.80. The number of nitrogens with zero attached hydrogens (tertiary/aromatic N) is 1. The Kier molecular flexibility index (Phi) is 7.27. The molecule has 0 atom stereocenters. The zero-order chi connectivity index (χ0) is 15.7. The van der Waals surface area contributed by atoms with Gasteiger partial charge in [0.2, 0.25) is 0 Å². The molecule has 5 heteroatoms. The highest BCUT2D eigenvalue weighted by Crippen LogP contribution is 2.28. The molecule has 114 valence electrons. The van der Waals surface area contributed by atoms with E-state index in [2.05, 4.69) is 25.1 Å². The molecule has 0 aliphatic rings. The molecule has 5 nitrogen and oxygen atoms in total. The average molecular weight is 290 g/mol. The standard InChI is InChI=1S/C16H22N2O3/c1-4-5-6-9-21-16-10-14(12-17-11-13(2)3)7-8-15(16)18(19)20/h1,7-8,10,13,17H,5-6,9,11-12H2,2-3H3. The summed E-state index contributed by atoms with van der Waals surface area (Å²) in [7, 11) is 0. The molecule has 1 aromatic rings. The van der Waals surface area contributed by atoms with Gasteiger partial charge >= 0.3 is 5.69 Å². The SMILES string of the molecule is C#CCCCOc1cc(CNCC(C)C)ccc1[N+](=O)[O-]. The summed E-state index contributed by atoms with van der Waals surface area (Å²) in [5.74, 6) is 3.38. The quantitative estimate of drug-likeness (QED) is 0.328. The zero-order valence-electron chi connectivity index (χ0n) is 12.6. The van der Waals surface area contributed by atoms with E-state index in [-0.39, 0.29) is 5.69 Å². The van der Waals surface area contributed by atoms with E-state index in [0.717, 1.165) is 12.1 Å². The van der Waals surface area contributed by atoms with Crippen molar-refractivity contribution in [2.24, 2.45) is 5.92 Å². The van der Waals surface area contributed by atoms with E-state index in [0.29, 0.717) is 37.7 Å². The predicted octanol–water partition coefficient (Wildman–Crippen LogP) is 3.13. The Bertz CT molecular complexity index is 507. The van der Waals surface area contributed by atoms with Crippen LogP contribution < -0.4 is 10.1 Å². The van der Waals surface area contributed by atoms with Crippen LogP contribution in [0.25, 0.3) is 0 Å². The van der Waals surface area contributed by atoms with Crippen molar-refractivity contribution in [1.29, 1.82) is 0 Å². The largest absolute Gasteiger partial charge is 0.487 e. The van der Waals surface area contributed by atoms with Gasteiger partial charge in [0.15, 0.2) is 5.75 Å². The van der Waals surface area contributed by atoms with Crippen molar-refractivity contribution in [2.45, 2.75) is 33.2 Å². The third-order valence-electron chi connectivity index (χ3n) is 2.83. The van der Waals surface area contributed by atoms with Gasteiger partial charge in [0, 0.05) is 19.0 Å². The lowest BCUT2D eigenvalue weighted by molar-refractivity contribution is -0.385. The summed E-state index contributed by atoms with van der Waals surface area (Å²) in [5.41, 5.74) is 0.955. The number of ether oxygens (including phenoxy) is 1. The first-order valence-electron chi connectivity index (χ1n) is 7.09. The van der Waals surface area contributed by atoms with Crippen LogP contribution in [0.2, 0.25) is 0 Å². The molecule has 1 N–H and O–H groups in total. The molecule has 0 bridgehead atoms. The summed E-state index contributed by atoms with van der Waals surface area (Å²) in [6.07, 6.45) is 6.45. The van der Waals surface area contributed by atoms with Gasteiger partial charge in [-0.25, -0.2) is 0 Å². The summed E-state index contributed by atoms with van der Waals surface area (Å²) in [4.78, 5) is 10.6. The van der Waals surface area contributed by atoms with Crippen molar-refractivity contribution in [1.82, 2.24) is 5.32 Å². The smallest absolute Gasteiger partial charge is 0.310 e. The van der Waals surface area contributed by atoms with Crippen molar-refractivity contribution >= 4 is 5.69 Å². The Labute approximate surface area is 125 Å². The first kappa shape index (κ1) is 17.0. The monoisotopic (exact) mass is 290 g/mol. The summed E-state index contributed by atoms with van der Waals surface area (Å²) in [6, 6.07) is 4.96. The number of hydrogen-bond acceptors (Lipinski definition) is 4. The molecule has 0 aliphatic heterocycles. The Morgan fingerprint density at radius 2 is 2.24 bits per heavy atom. The first-order chi connectivity index (χ1) is 10.0. The van der Waals surface area contributed by atoms with E-state index < -0.39 is 4.92 Å². The third kappa shape index (κ3) is 6.28. The first-order valence-corrected chi connectivity index (χ1v) is 7.09. The van der Waals surface area contributed by atoms with Crippen LogP contribution in [0.1, 0.15) is 32.3 Å². The lowest BCUT2D eigenvalue weighted by atomic mass is 10.1. The summed E-state index contributed by atoms with van der Waals surface area (Å²) in [6.45, 7) is 6.20. The molecule has 0 saturated carbocycles. The minimum atomic E-state index is -0.429. The Morgan fingerprint density at radius 3 is 2.86 bits per heavy atom. The highest BCUT2D eigenvalue weighted by atomic mass is 16.6. The number of terminal acetylenes is 1. The minimum Gasteiger partial charge on any atom is -0.487 e. The van der Waals surface area contributed by atoms with Gasteiger partial charge < -0.3 is 10.1 Å². The molecular weight excluding hydrogens is 268 g/mol. The lowest BCUT2D eigenvalue weighted by Gasteiger charge is -2.10. The maximum atomic E-state index is 11.0. The van der Waals surface area contributed by atoms with Gasteiger partial charge in [-0.15, -0.1) is 12.3 Å².